The van der Waals surface area contributed by atoms with Gasteiger partial charge in [0.2, 0.25) is 5.91 Å². The molecule has 0 aromatic carbocycles. The van der Waals surface area contributed by atoms with Crippen LogP contribution in [0.3, 0.4) is 0 Å². The molecule has 0 aromatic rings. The van der Waals surface area contributed by atoms with Crippen LogP contribution in [-0.2, 0) is 14.6 Å². The molecule has 29 heavy (non-hydrogen) atoms. The largest absolute Gasteiger partial charge is 0.350 e. The van der Waals surface area contributed by atoms with Gasteiger partial charge in [0, 0.05) is 39.3 Å². The third-order valence-electron chi connectivity index (χ3n) is 6.24. The Balaban J connectivity index is 1.44. The van der Waals surface area contributed by atoms with Crippen LogP contribution in [0.1, 0.15) is 0 Å². The minimum absolute atomic E-state index is 0.00686. The summed E-state index contributed by atoms with van der Waals surface area (Å²) in [6, 6.07) is -1.13. The van der Waals surface area contributed by atoms with Crippen molar-refractivity contribution in [3.05, 3.63) is 0 Å². The molecule has 0 spiro atoms. The maximum atomic E-state index is 14.8. The fourth-order valence-corrected chi connectivity index (χ4v) is 6.00. The van der Waals surface area contributed by atoms with Gasteiger partial charge < -0.3 is 16.4 Å². The Morgan fingerprint density at radius 1 is 1.14 bits per heavy atom. The Labute approximate surface area is 168 Å². The van der Waals surface area contributed by atoms with E-state index in [9.17, 15) is 22.0 Å². The summed E-state index contributed by atoms with van der Waals surface area (Å²) in [7, 11) is -3.09. The Kier molecular flexibility index (Phi) is 6.08. The zero-order chi connectivity index (χ0) is 20.8. The highest BCUT2D eigenvalue weighted by atomic mass is 32.2. The number of halogens is 2. The lowest BCUT2D eigenvalue weighted by atomic mass is 9.95. The molecule has 13 heteroatoms. The number of hydrazine groups is 1. The summed E-state index contributed by atoms with van der Waals surface area (Å²) in [5.74, 6) is -1.01. The second-order valence-electron chi connectivity index (χ2n) is 8.25. The van der Waals surface area contributed by atoms with Crippen LogP contribution >= 0.6 is 0 Å². The van der Waals surface area contributed by atoms with Gasteiger partial charge in [-0.25, -0.2) is 27.6 Å². The average molecular weight is 438 g/mol. The first-order valence-electron chi connectivity index (χ1n) is 10.0. The van der Waals surface area contributed by atoms with Crippen LogP contribution in [0, 0.1) is 5.92 Å². The molecular weight excluding hydrogens is 408 g/mol. The summed E-state index contributed by atoms with van der Waals surface area (Å²) >= 11 is 0. The topological polar surface area (TPSA) is 132 Å². The quantitative estimate of drug-likeness (QED) is 0.305. The minimum Gasteiger partial charge on any atom is -0.350 e. The number of alkyl halides is 2. The van der Waals surface area contributed by atoms with Crippen LogP contribution < -0.4 is 27.1 Å². The SMILES string of the molecule is NC1NN2CC(F)CNC2C1C(=O)NC1CNCC(F)C1N1CCS(=O)(=O)CC1. The standard InChI is InChI=1S/C16H29F2N7O3S/c17-9-5-21-15-12(14(19)23-25(15)8-9)16(26)22-11-7-20-6-10(18)13(11)24-1-3-29(27,28)4-2-24/h9-15,20-21,23H,1-8,19H2,(H,22,26). The van der Waals surface area contributed by atoms with E-state index < -0.39 is 52.5 Å². The van der Waals surface area contributed by atoms with Gasteiger partial charge in [0.25, 0.3) is 0 Å². The van der Waals surface area contributed by atoms with Gasteiger partial charge in [0.05, 0.1) is 41.8 Å². The van der Waals surface area contributed by atoms with Crippen molar-refractivity contribution in [3.63, 3.8) is 0 Å². The first-order chi connectivity index (χ1) is 13.7. The molecule has 166 valence electrons. The van der Waals surface area contributed by atoms with Crippen molar-refractivity contribution >= 4 is 15.7 Å². The van der Waals surface area contributed by atoms with Crippen molar-refractivity contribution in [1.82, 2.24) is 31.3 Å². The number of piperidine rings is 1. The summed E-state index contributed by atoms with van der Waals surface area (Å²) in [6.07, 6.45) is -3.41. The van der Waals surface area contributed by atoms with Gasteiger partial charge in [-0.2, -0.15) is 0 Å². The maximum absolute atomic E-state index is 14.8. The van der Waals surface area contributed by atoms with Gasteiger partial charge >= 0.3 is 0 Å². The van der Waals surface area contributed by atoms with Gasteiger partial charge in [-0.15, -0.1) is 0 Å². The molecule has 4 saturated heterocycles. The highest BCUT2D eigenvalue weighted by Crippen LogP contribution is 2.24. The smallest absolute Gasteiger partial charge is 0.229 e. The van der Waals surface area contributed by atoms with Crippen molar-refractivity contribution in [2.24, 2.45) is 11.7 Å². The monoisotopic (exact) mass is 437 g/mol. The van der Waals surface area contributed by atoms with E-state index in [-0.39, 0.29) is 50.1 Å². The Morgan fingerprint density at radius 2 is 1.86 bits per heavy atom. The van der Waals surface area contributed by atoms with Gasteiger partial charge in [-0.05, 0) is 0 Å². The first kappa shape index (κ1) is 21.3. The molecule has 7 atom stereocenters. The van der Waals surface area contributed by atoms with Crippen LogP contribution in [0.25, 0.3) is 0 Å². The van der Waals surface area contributed by atoms with E-state index in [1.165, 1.54) is 0 Å². The molecule has 4 aliphatic rings. The van der Waals surface area contributed by atoms with Gasteiger partial charge in [0.15, 0.2) is 9.84 Å². The number of carbonyl (C=O) groups excluding carboxylic acids is 1. The number of amides is 1. The van der Waals surface area contributed by atoms with Crippen LogP contribution in [-0.4, -0.2) is 112 Å². The van der Waals surface area contributed by atoms with E-state index in [0.29, 0.717) is 6.54 Å². The highest BCUT2D eigenvalue weighted by Gasteiger charge is 2.48. The van der Waals surface area contributed by atoms with Crippen molar-refractivity contribution in [2.45, 2.75) is 36.8 Å². The van der Waals surface area contributed by atoms with E-state index in [2.05, 4.69) is 21.4 Å². The first-order valence-corrected chi connectivity index (χ1v) is 11.8. The molecule has 7 unspecified atom stereocenters. The predicted molar refractivity (Wildman–Crippen MR) is 102 cm³/mol. The number of hydrogen-bond donors (Lipinski definition) is 5. The van der Waals surface area contributed by atoms with Crippen molar-refractivity contribution in [1.29, 1.82) is 0 Å². The molecule has 4 aliphatic heterocycles. The maximum Gasteiger partial charge on any atom is 0.229 e. The Morgan fingerprint density at radius 3 is 2.59 bits per heavy atom. The van der Waals surface area contributed by atoms with Crippen LogP contribution in [0.15, 0.2) is 0 Å². The van der Waals surface area contributed by atoms with Gasteiger partial charge in [0.1, 0.15) is 12.3 Å². The summed E-state index contributed by atoms with van der Waals surface area (Å²) in [6.45, 7) is 1.31. The van der Waals surface area contributed by atoms with Crippen molar-refractivity contribution in [3.8, 4) is 0 Å². The molecule has 1 amide bonds. The zero-order valence-corrected chi connectivity index (χ0v) is 16.9. The van der Waals surface area contributed by atoms with E-state index in [4.69, 9.17) is 5.73 Å². The molecule has 4 rings (SSSR count). The second kappa shape index (κ2) is 8.29. The molecule has 4 heterocycles. The van der Waals surface area contributed by atoms with Crippen LogP contribution in [0.4, 0.5) is 8.78 Å². The molecule has 4 fully saturated rings. The van der Waals surface area contributed by atoms with Crippen molar-refractivity contribution < 1.29 is 22.0 Å². The lowest BCUT2D eigenvalue weighted by Crippen LogP contribution is -2.67. The average Bonchev–Trinajstić information content (AvgIpc) is 2.97. The molecule has 0 aliphatic carbocycles. The fraction of sp³-hybridized carbons (Fsp3) is 0.938. The Hall–Kier alpha value is -0.960. The number of hydrogen-bond acceptors (Lipinski definition) is 9. The predicted octanol–water partition coefficient (Wildman–Crippen LogP) is -3.50. The fourth-order valence-electron chi connectivity index (χ4n) is 4.77. The molecular formula is C16H29F2N7O3S. The molecule has 10 nitrogen and oxygen atoms in total. The normalized spacial score (nSPS) is 43.6. The molecule has 0 aromatic heterocycles. The summed E-state index contributed by atoms with van der Waals surface area (Å²) in [5.41, 5.74) is 9.01. The zero-order valence-electron chi connectivity index (χ0n) is 16.1. The lowest BCUT2D eigenvalue weighted by Gasteiger charge is -2.44. The molecule has 0 saturated carbocycles. The van der Waals surface area contributed by atoms with Crippen LogP contribution in [0.2, 0.25) is 0 Å². The van der Waals surface area contributed by atoms with E-state index >= 15 is 0 Å². The number of carbonyl (C=O) groups is 1. The number of nitrogens with zero attached hydrogens (tertiary/aromatic N) is 2. The summed E-state index contributed by atoms with van der Waals surface area (Å²) < 4.78 is 51.9. The minimum atomic E-state index is -3.09. The summed E-state index contributed by atoms with van der Waals surface area (Å²) in [4.78, 5) is 14.9. The number of fused-ring (bicyclic) bond motifs is 1. The third kappa shape index (κ3) is 4.40. The molecule has 0 radical (unpaired) electrons. The molecule has 6 N–H and O–H groups in total. The number of nitrogens with one attached hydrogen (secondary N) is 4. The lowest BCUT2D eigenvalue weighted by molar-refractivity contribution is -0.128. The Bertz CT molecular complexity index is 715. The summed E-state index contributed by atoms with van der Waals surface area (Å²) in [5, 5.41) is 10.5. The number of rotatable bonds is 3. The number of sulfone groups is 1. The van der Waals surface area contributed by atoms with E-state index in [0.717, 1.165) is 0 Å². The molecule has 0 bridgehead atoms. The van der Waals surface area contributed by atoms with Crippen LogP contribution in [0.5, 0.6) is 0 Å². The highest BCUT2D eigenvalue weighted by molar-refractivity contribution is 7.91. The van der Waals surface area contributed by atoms with Gasteiger partial charge in [-0.1, -0.05) is 0 Å². The van der Waals surface area contributed by atoms with Gasteiger partial charge in [-0.3, -0.25) is 15.0 Å². The third-order valence-corrected chi connectivity index (χ3v) is 7.85. The van der Waals surface area contributed by atoms with Crippen molar-refractivity contribution in [2.75, 3.05) is 50.8 Å². The second-order valence-corrected chi connectivity index (χ2v) is 10.6. The van der Waals surface area contributed by atoms with E-state index in [1.807, 2.05) is 4.90 Å². The van der Waals surface area contributed by atoms with E-state index in [1.54, 1.807) is 5.01 Å². The number of nitrogens with two attached hydrogens (primary N) is 1.